The maximum atomic E-state index is 12.5. The third-order valence-corrected chi connectivity index (χ3v) is 3.46. The number of nitrogens with two attached hydrogens (primary N) is 1. The van der Waals surface area contributed by atoms with Crippen LogP contribution in [-0.4, -0.2) is 34.7 Å². The van der Waals surface area contributed by atoms with Gasteiger partial charge in [-0.3, -0.25) is 19.7 Å². The first kappa shape index (κ1) is 17.1. The Bertz CT molecular complexity index is 575. The molecule has 8 heteroatoms. The number of hydrogen-bond donors (Lipinski definition) is 1. The van der Waals surface area contributed by atoms with Gasteiger partial charge in [0, 0.05) is 12.6 Å². The van der Waals surface area contributed by atoms with Gasteiger partial charge in [-0.1, -0.05) is 19.9 Å². The van der Waals surface area contributed by atoms with Gasteiger partial charge < -0.3 is 10.6 Å². The zero-order valence-electron chi connectivity index (χ0n) is 11.7. The van der Waals surface area contributed by atoms with Gasteiger partial charge in [-0.05, 0) is 27.9 Å². The van der Waals surface area contributed by atoms with Crippen LogP contribution in [0.1, 0.15) is 24.2 Å². The Kier molecular flexibility index (Phi) is 5.83. The van der Waals surface area contributed by atoms with Gasteiger partial charge in [-0.25, -0.2) is 0 Å². The van der Waals surface area contributed by atoms with E-state index in [0.29, 0.717) is 6.54 Å². The Morgan fingerprint density at radius 1 is 1.43 bits per heavy atom. The average molecular weight is 358 g/mol. The topological polar surface area (TPSA) is 107 Å². The molecular formula is C13H16BrN3O4. The number of primary amides is 1. The third-order valence-electron chi connectivity index (χ3n) is 2.62. The van der Waals surface area contributed by atoms with Crippen LogP contribution < -0.4 is 5.73 Å². The molecule has 1 aromatic carbocycles. The molecule has 7 nitrogen and oxygen atoms in total. The summed E-state index contributed by atoms with van der Waals surface area (Å²) in [6.45, 7) is 3.89. The molecule has 0 radical (unpaired) electrons. The summed E-state index contributed by atoms with van der Waals surface area (Å²) in [6.07, 6.45) is 0. The van der Waals surface area contributed by atoms with Crippen LogP contribution in [0, 0.1) is 16.0 Å². The Hall–Kier alpha value is -1.96. The number of benzene rings is 1. The summed E-state index contributed by atoms with van der Waals surface area (Å²) in [4.78, 5) is 35.2. The maximum absolute atomic E-state index is 12.5. The summed E-state index contributed by atoms with van der Waals surface area (Å²) in [5.41, 5.74) is 5.07. The monoisotopic (exact) mass is 357 g/mol. The van der Waals surface area contributed by atoms with E-state index in [9.17, 15) is 19.7 Å². The van der Waals surface area contributed by atoms with Gasteiger partial charge in [0.15, 0.2) is 0 Å². The van der Waals surface area contributed by atoms with Gasteiger partial charge in [-0.2, -0.15) is 0 Å². The molecule has 0 heterocycles. The summed E-state index contributed by atoms with van der Waals surface area (Å²) in [5.74, 6) is -0.977. The number of carbonyl (C=O) groups excluding carboxylic acids is 2. The van der Waals surface area contributed by atoms with Crippen LogP contribution in [0.2, 0.25) is 0 Å². The van der Waals surface area contributed by atoms with E-state index in [2.05, 4.69) is 15.9 Å². The maximum Gasteiger partial charge on any atom is 0.284 e. The van der Waals surface area contributed by atoms with Crippen molar-refractivity contribution < 1.29 is 14.5 Å². The second kappa shape index (κ2) is 7.16. The van der Waals surface area contributed by atoms with Gasteiger partial charge in [0.1, 0.15) is 4.47 Å². The molecule has 0 bridgehead atoms. The van der Waals surface area contributed by atoms with Gasteiger partial charge >= 0.3 is 0 Å². The zero-order chi connectivity index (χ0) is 16.2. The lowest BCUT2D eigenvalue weighted by Crippen LogP contribution is -2.40. The molecule has 2 amide bonds. The Morgan fingerprint density at radius 2 is 2.05 bits per heavy atom. The molecule has 0 spiro atoms. The van der Waals surface area contributed by atoms with Crippen molar-refractivity contribution in [2.45, 2.75) is 13.8 Å². The minimum atomic E-state index is -0.634. The van der Waals surface area contributed by atoms with E-state index in [-0.39, 0.29) is 28.2 Å². The Balaban J connectivity index is 3.17. The van der Waals surface area contributed by atoms with Crippen molar-refractivity contribution in [3.05, 3.63) is 38.3 Å². The minimum Gasteiger partial charge on any atom is -0.368 e. The van der Waals surface area contributed by atoms with Crippen LogP contribution in [0.3, 0.4) is 0 Å². The van der Waals surface area contributed by atoms with Crippen LogP contribution in [0.15, 0.2) is 22.7 Å². The quantitative estimate of drug-likeness (QED) is 0.619. The van der Waals surface area contributed by atoms with E-state index < -0.39 is 16.7 Å². The van der Waals surface area contributed by atoms with Gasteiger partial charge in [0.05, 0.1) is 17.0 Å². The van der Waals surface area contributed by atoms with Crippen LogP contribution in [0.5, 0.6) is 0 Å². The molecule has 1 aromatic rings. The molecular weight excluding hydrogens is 342 g/mol. The lowest BCUT2D eigenvalue weighted by molar-refractivity contribution is -0.385. The first-order valence-electron chi connectivity index (χ1n) is 6.24. The fourth-order valence-electron chi connectivity index (χ4n) is 1.84. The number of amides is 2. The number of halogens is 1. The molecule has 0 aliphatic carbocycles. The summed E-state index contributed by atoms with van der Waals surface area (Å²) in [7, 11) is 0. The molecule has 1 rings (SSSR count). The Morgan fingerprint density at radius 3 is 2.52 bits per heavy atom. The third kappa shape index (κ3) is 4.52. The molecule has 0 aliphatic heterocycles. The minimum absolute atomic E-state index is 0.0956. The molecule has 0 aromatic heterocycles. The zero-order valence-corrected chi connectivity index (χ0v) is 13.3. The van der Waals surface area contributed by atoms with Crippen molar-refractivity contribution in [2.24, 2.45) is 11.7 Å². The largest absolute Gasteiger partial charge is 0.368 e. The predicted molar refractivity (Wildman–Crippen MR) is 80.7 cm³/mol. The molecule has 0 unspecified atom stereocenters. The molecule has 21 heavy (non-hydrogen) atoms. The highest BCUT2D eigenvalue weighted by Gasteiger charge is 2.24. The molecule has 114 valence electrons. The first-order valence-corrected chi connectivity index (χ1v) is 7.03. The smallest absolute Gasteiger partial charge is 0.284 e. The molecule has 0 aliphatic rings. The second-order valence-corrected chi connectivity index (χ2v) is 5.73. The van der Waals surface area contributed by atoms with Crippen LogP contribution in [0.25, 0.3) is 0 Å². The summed E-state index contributed by atoms with van der Waals surface area (Å²) < 4.78 is 0.0956. The second-order valence-electron chi connectivity index (χ2n) is 4.94. The summed E-state index contributed by atoms with van der Waals surface area (Å²) >= 11 is 3.08. The van der Waals surface area contributed by atoms with Crippen molar-refractivity contribution in [2.75, 3.05) is 13.1 Å². The van der Waals surface area contributed by atoms with Crippen molar-refractivity contribution in [1.82, 2.24) is 4.90 Å². The van der Waals surface area contributed by atoms with Crippen LogP contribution >= 0.6 is 15.9 Å². The fourth-order valence-corrected chi connectivity index (χ4v) is 2.42. The summed E-state index contributed by atoms with van der Waals surface area (Å²) in [6, 6.07) is 4.18. The molecule has 2 N–H and O–H groups in total. The van der Waals surface area contributed by atoms with E-state index >= 15 is 0 Å². The lowest BCUT2D eigenvalue weighted by Gasteiger charge is -2.23. The standard InChI is InChI=1S/C13H16BrN3O4/c1-8(2)6-16(7-11(15)18)13(19)9-4-3-5-10(12(9)14)17(20)21/h3-5,8H,6-7H2,1-2H3,(H2,15,18). The van der Waals surface area contributed by atoms with E-state index in [1.807, 2.05) is 13.8 Å². The van der Waals surface area contributed by atoms with E-state index in [1.54, 1.807) is 0 Å². The number of nitrogens with zero attached hydrogens (tertiary/aromatic N) is 2. The van der Waals surface area contributed by atoms with Crippen LogP contribution in [-0.2, 0) is 4.79 Å². The highest BCUT2D eigenvalue weighted by atomic mass is 79.9. The van der Waals surface area contributed by atoms with Crippen LogP contribution in [0.4, 0.5) is 5.69 Å². The Labute approximate surface area is 130 Å². The van der Waals surface area contributed by atoms with Gasteiger partial charge in [-0.15, -0.1) is 0 Å². The van der Waals surface area contributed by atoms with Crippen molar-refractivity contribution in [3.63, 3.8) is 0 Å². The number of rotatable bonds is 6. The number of nitro benzene ring substituents is 1. The van der Waals surface area contributed by atoms with Crippen molar-refractivity contribution >= 4 is 33.4 Å². The number of nitro groups is 1. The van der Waals surface area contributed by atoms with Gasteiger partial charge in [0.25, 0.3) is 11.6 Å². The highest BCUT2D eigenvalue weighted by Crippen LogP contribution is 2.29. The summed E-state index contributed by atoms with van der Waals surface area (Å²) in [5, 5.41) is 10.9. The normalized spacial score (nSPS) is 10.5. The molecule has 0 atom stereocenters. The molecule has 0 saturated carbocycles. The van der Waals surface area contributed by atoms with Crippen molar-refractivity contribution in [3.8, 4) is 0 Å². The number of carbonyl (C=O) groups is 2. The SMILES string of the molecule is CC(C)CN(CC(N)=O)C(=O)c1cccc([N+](=O)[O-])c1Br. The average Bonchev–Trinajstić information content (AvgIpc) is 2.36. The first-order chi connectivity index (χ1) is 9.73. The number of hydrogen-bond acceptors (Lipinski definition) is 4. The highest BCUT2D eigenvalue weighted by molar-refractivity contribution is 9.10. The van der Waals surface area contributed by atoms with E-state index in [1.165, 1.54) is 23.1 Å². The van der Waals surface area contributed by atoms with Gasteiger partial charge in [0.2, 0.25) is 5.91 Å². The molecule has 0 fully saturated rings. The van der Waals surface area contributed by atoms with E-state index in [4.69, 9.17) is 5.73 Å². The predicted octanol–water partition coefficient (Wildman–Crippen LogP) is 1.94. The molecule has 0 saturated heterocycles. The fraction of sp³-hybridized carbons (Fsp3) is 0.385. The van der Waals surface area contributed by atoms with Crippen molar-refractivity contribution in [1.29, 1.82) is 0 Å². The lowest BCUT2D eigenvalue weighted by atomic mass is 10.1. The van der Waals surface area contributed by atoms with E-state index in [0.717, 1.165) is 0 Å².